The Morgan fingerprint density at radius 1 is 1.30 bits per heavy atom. The number of ether oxygens (including phenoxy) is 1. The lowest BCUT2D eigenvalue weighted by Crippen LogP contribution is -2.43. The maximum atomic E-state index is 12.3. The third kappa shape index (κ3) is 8.22. The van der Waals surface area contributed by atoms with Crippen LogP contribution in [0.2, 0.25) is 18.1 Å². The van der Waals surface area contributed by atoms with E-state index in [2.05, 4.69) is 51.0 Å². The SMILES string of the molecule is CCOC(=O)[C@H](CCN1CCC[C@H]1CC)NCCCO[Si](C)(C)C(C)(C)C. The largest absolute Gasteiger partial charge is 0.465 e. The van der Waals surface area contributed by atoms with E-state index in [9.17, 15) is 4.79 Å². The van der Waals surface area contributed by atoms with Crippen LogP contribution in [-0.4, -0.2) is 64.1 Å². The Bertz CT molecular complexity index is 438. The summed E-state index contributed by atoms with van der Waals surface area (Å²) in [6.45, 7) is 19.6. The molecule has 1 saturated heterocycles. The van der Waals surface area contributed by atoms with Crippen molar-refractivity contribution < 1.29 is 14.0 Å². The molecule has 6 heteroatoms. The van der Waals surface area contributed by atoms with Crippen LogP contribution < -0.4 is 5.32 Å². The standard InChI is InChI=1S/C21H44N2O3Si/c1-8-18-12-10-15-23(18)16-13-19(20(24)25-9-2)22-14-11-17-26-27(6,7)21(3,4)5/h18-19,22H,8-17H2,1-7H3/t18-,19+/m1/s1. The molecular formula is C21H44N2O3Si. The minimum atomic E-state index is -1.69. The zero-order chi connectivity index (χ0) is 20.5. The van der Waals surface area contributed by atoms with Crippen LogP contribution in [-0.2, 0) is 14.0 Å². The van der Waals surface area contributed by atoms with Crippen LogP contribution in [0.25, 0.3) is 0 Å². The Morgan fingerprint density at radius 3 is 2.59 bits per heavy atom. The zero-order valence-electron chi connectivity index (χ0n) is 18.9. The average molecular weight is 401 g/mol. The maximum absolute atomic E-state index is 12.3. The van der Waals surface area contributed by atoms with E-state index in [-0.39, 0.29) is 17.0 Å². The fourth-order valence-corrected chi connectivity index (χ4v) is 4.47. The van der Waals surface area contributed by atoms with Gasteiger partial charge in [0.2, 0.25) is 0 Å². The molecule has 1 rings (SSSR count). The summed E-state index contributed by atoms with van der Waals surface area (Å²) in [6, 6.07) is 0.474. The van der Waals surface area contributed by atoms with Crippen molar-refractivity contribution in [2.45, 2.75) is 96.9 Å². The highest BCUT2D eigenvalue weighted by atomic mass is 28.4. The number of carbonyl (C=O) groups is 1. The monoisotopic (exact) mass is 400 g/mol. The van der Waals surface area contributed by atoms with Crippen LogP contribution in [0.5, 0.6) is 0 Å². The van der Waals surface area contributed by atoms with Crippen molar-refractivity contribution in [3.05, 3.63) is 0 Å². The molecule has 1 N–H and O–H groups in total. The molecular weight excluding hydrogens is 356 g/mol. The van der Waals surface area contributed by atoms with Crippen LogP contribution in [0.3, 0.4) is 0 Å². The number of nitrogens with zero attached hydrogens (tertiary/aromatic N) is 1. The van der Waals surface area contributed by atoms with Gasteiger partial charge < -0.3 is 19.4 Å². The van der Waals surface area contributed by atoms with Crippen molar-refractivity contribution in [1.82, 2.24) is 10.2 Å². The lowest BCUT2D eigenvalue weighted by atomic mass is 10.1. The van der Waals surface area contributed by atoms with Gasteiger partial charge in [-0.1, -0.05) is 27.7 Å². The van der Waals surface area contributed by atoms with Gasteiger partial charge in [-0.05, 0) is 70.2 Å². The summed E-state index contributed by atoms with van der Waals surface area (Å²) in [5.74, 6) is -0.116. The van der Waals surface area contributed by atoms with E-state index in [1.165, 1.54) is 19.3 Å². The Labute approximate surface area is 168 Å². The second-order valence-corrected chi connectivity index (χ2v) is 14.1. The van der Waals surface area contributed by atoms with Gasteiger partial charge >= 0.3 is 5.97 Å². The summed E-state index contributed by atoms with van der Waals surface area (Å²) in [7, 11) is -1.69. The van der Waals surface area contributed by atoms with Gasteiger partial charge in [0.15, 0.2) is 8.32 Å². The highest BCUT2D eigenvalue weighted by molar-refractivity contribution is 6.74. The first-order valence-corrected chi connectivity index (χ1v) is 13.8. The van der Waals surface area contributed by atoms with E-state index < -0.39 is 8.32 Å². The molecule has 0 bridgehead atoms. The first kappa shape index (κ1) is 24.6. The highest BCUT2D eigenvalue weighted by Crippen LogP contribution is 2.36. The molecule has 1 heterocycles. The number of carbonyl (C=O) groups excluding carboxylic acids is 1. The van der Waals surface area contributed by atoms with E-state index in [4.69, 9.17) is 9.16 Å². The predicted molar refractivity (Wildman–Crippen MR) is 116 cm³/mol. The lowest BCUT2D eigenvalue weighted by molar-refractivity contribution is -0.146. The van der Waals surface area contributed by atoms with Crippen molar-refractivity contribution in [3.63, 3.8) is 0 Å². The second-order valence-electron chi connectivity index (χ2n) is 9.25. The van der Waals surface area contributed by atoms with Crippen LogP contribution in [0.4, 0.5) is 0 Å². The number of rotatable bonds is 12. The molecule has 0 unspecified atom stereocenters. The number of esters is 1. The molecule has 0 aromatic heterocycles. The highest BCUT2D eigenvalue weighted by Gasteiger charge is 2.36. The van der Waals surface area contributed by atoms with Gasteiger partial charge in [-0.2, -0.15) is 0 Å². The van der Waals surface area contributed by atoms with Gasteiger partial charge in [-0.25, -0.2) is 0 Å². The summed E-state index contributed by atoms with van der Waals surface area (Å²) in [5, 5.41) is 3.66. The summed E-state index contributed by atoms with van der Waals surface area (Å²) in [6.07, 6.45) is 5.50. The Kier molecular flexibility index (Phi) is 10.5. The third-order valence-electron chi connectivity index (χ3n) is 6.23. The molecule has 1 aliphatic heterocycles. The molecule has 1 aliphatic rings. The molecule has 0 radical (unpaired) electrons. The first-order chi connectivity index (χ1) is 12.6. The van der Waals surface area contributed by atoms with Crippen molar-refractivity contribution >= 4 is 14.3 Å². The molecule has 160 valence electrons. The summed E-state index contributed by atoms with van der Waals surface area (Å²) >= 11 is 0. The minimum Gasteiger partial charge on any atom is -0.465 e. The van der Waals surface area contributed by atoms with Gasteiger partial charge in [-0.15, -0.1) is 0 Å². The number of nitrogens with one attached hydrogen (secondary N) is 1. The molecule has 5 nitrogen and oxygen atoms in total. The molecule has 0 amide bonds. The predicted octanol–water partition coefficient (Wildman–Crippen LogP) is 4.18. The molecule has 0 aromatic carbocycles. The fraction of sp³-hybridized carbons (Fsp3) is 0.952. The lowest BCUT2D eigenvalue weighted by Gasteiger charge is -2.36. The van der Waals surface area contributed by atoms with Crippen LogP contribution in [0.15, 0.2) is 0 Å². The number of hydrogen-bond acceptors (Lipinski definition) is 5. The summed E-state index contributed by atoms with van der Waals surface area (Å²) < 4.78 is 11.5. The number of likely N-dealkylation sites (tertiary alicyclic amines) is 1. The number of hydrogen-bond donors (Lipinski definition) is 1. The van der Waals surface area contributed by atoms with Gasteiger partial charge in [0.25, 0.3) is 0 Å². The Balaban J connectivity index is 2.40. The van der Waals surface area contributed by atoms with Gasteiger partial charge in [0, 0.05) is 19.2 Å². The van der Waals surface area contributed by atoms with E-state index >= 15 is 0 Å². The van der Waals surface area contributed by atoms with Crippen molar-refractivity contribution in [1.29, 1.82) is 0 Å². The molecule has 0 aliphatic carbocycles. The van der Waals surface area contributed by atoms with Crippen LogP contribution in [0, 0.1) is 0 Å². The molecule has 1 fully saturated rings. The van der Waals surface area contributed by atoms with E-state index in [1.807, 2.05) is 6.92 Å². The quantitative estimate of drug-likeness (QED) is 0.302. The smallest absolute Gasteiger partial charge is 0.323 e. The van der Waals surface area contributed by atoms with Crippen molar-refractivity contribution in [2.75, 3.05) is 32.8 Å². The van der Waals surface area contributed by atoms with Crippen LogP contribution >= 0.6 is 0 Å². The fourth-order valence-electron chi connectivity index (χ4n) is 3.39. The molecule has 0 aromatic rings. The molecule has 27 heavy (non-hydrogen) atoms. The van der Waals surface area contributed by atoms with E-state index in [0.29, 0.717) is 12.6 Å². The van der Waals surface area contributed by atoms with Gasteiger partial charge in [-0.3, -0.25) is 4.79 Å². The average Bonchev–Trinajstić information content (AvgIpc) is 3.03. The molecule has 0 spiro atoms. The third-order valence-corrected chi connectivity index (χ3v) is 10.8. The normalized spacial score (nSPS) is 20.0. The second kappa shape index (κ2) is 11.5. The van der Waals surface area contributed by atoms with E-state index in [0.717, 1.165) is 39.1 Å². The first-order valence-electron chi connectivity index (χ1n) is 10.9. The Hall–Kier alpha value is -0.433. The summed E-state index contributed by atoms with van der Waals surface area (Å²) in [5.41, 5.74) is 0. The van der Waals surface area contributed by atoms with Crippen molar-refractivity contribution in [2.24, 2.45) is 0 Å². The Morgan fingerprint density at radius 2 is 2.00 bits per heavy atom. The van der Waals surface area contributed by atoms with Crippen LogP contribution in [0.1, 0.15) is 66.7 Å². The van der Waals surface area contributed by atoms with Gasteiger partial charge in [0.05, 0.1) is 6.61 Å². The van der Waals surface area contributed by atoms with Gasteiger partial charge in [0.1, 0.15) is 6.04 Å². The maximum Gasteiger partial charge on any atom is 0.323 e. The van der Waals surface area contributed by atoms with E-state index in [1.54, 1.807) is 0 Å². The topological polar surface area (TPSA) is 50.8 Å². The zero-order valence-corrected chi connectivity index (χ0v) is 19.9. The minimum absolute atomic E-state index is 0.116. The molecule has 2 atom stereocenters. The van der Waals surface area contributed by atoms with Crippen molar-refractivity contribution in [3.8, 4) is 0 Å². The summed E-state index contributed by atoms with van der Waals surface area (Å²) in [4.78, 5) is 14.9. The molecule has 0 saturated carbocycles.